The van der Waals surface area contributed by atoms with Crippen LogP contribution >= 0.6 is 0 Å². The third-order valence-corrected chi connectivity index (χ3v) is 3.98. The Bertz CT molecular complexity index is 463. The summed E-state index contributed by atoms with van der Waals surface area (Å²) in [6.07, 6.45) is 5.24. The number of carbonyl (C=O) groups is 2. The van der Waals surface area contributed by atoms with E-state index in [1.807, 2.05) is 26.8 Å². The second-order valence-electron chi connectivity index (χ2n) is 7.07. The fourth-order valence-electron chi connectivity index (χ4n) is 3.12. The fourth-order valence-corrected chi connectivity index (χ4v) is 3.12. The molecule has 0 radical (unpaired) electrons. The number of amides is 2. The van der Waals surface area contributed by atoms with Crippen LogP contribution in [0.1, 0.15) is 46.5 Å². The minimum atomic E-state index is -0.516. The van der Waals surface area contributed by atoms with Crippen molar-refractivity contribution in [3.05, 3.63) is 11.6 Å². The highest BCUT2D eigenvalue weighted by Crippen LogP contribution is 2.36. The molecule has 0 aromatic carbocycles. The average Bonchev–Trinajstić information content (AvgIpc) is 2.63. The average molecular weight is 294 g/mol. The minimum Gasteiger partial charge on any atom is -0.444 e. The Morgan fingerprint density at radius 2 is 1.90 bits per heavy atom. The number of likely N-dealkylation sites (N-methyl/N-ethyl adjacent to an activating group) is 1. The highest BCUT2D eigenvalue weighted by molar-refractivity contribution is 5.95. The van der Waals surface area contributed by atoms with Gasteiger partial charge in [-0.25, -0.2) is 4.79 Å². The minimum absolute atomic E-state index is 0.00360. The van der Waals surface area contributed by atoms with Crippen LogP contribution in [0.25, 0.3) is 0 Å². The summed E-state index contributed by atoms with van der Waals surface area (Å²) in [5.41, 5.74) is 0.226. The maximum atomic E-state index is 12.5. The van der Waals surface area contributed by atoms with Gasteiger partial charge in [-0.2, -0.15) is 0 Å². The van der Waals surface area contributed by atoms with Crippen LogP contribution in [-0.4, -0.2) is 53.6 Å². The first kappa shape index (κ1) is 15.9. The highest BCUT2D eigenvalue weighted by Gasteiger charge is 2.43. The zero-order valence-electron chi connectivity index (χ0n) is 13.7. The van der Waals surface area contributed by atoms with Crippen LogP contribution in [0.5, 0.6) is 0 Å². The van der Waals surface area contributed by atoms with E-state index in [0.29, 0.717) is 0 Å². The largest absolute Gasteiger partial charge is 0.444 e. The standard InChI is InChI=1S/C16H26N2O3/c1-16(2,3)21-15(20)18-11-7-6-8-12(13(18)10-9-11)14(19)17(4)5/h8,11,13H,6-7,9-10H2,1-5H3/t11?,13-/m1/s1. The topological polar surface area (TPSA) is 49.9 Å². The van der Waals surface area contributed by atoms with Crippen LogP contribution in [0, 0.1) is 0 Å². The second-order valence-corrected chi connectivity index (χ2v) is 7.07. The molecule has 2 rings (SSSR count). The molecule has 0 aliphatic carbocycles. The number of allylic oxidation sites excluding steroid dienone is 1. The van der Waals surface area contributed by atoms with E-state index in [1.165, 1.54) is 0 Å². The van der Waals surface area contributed by atoms with Crippen molar-refractivity contribution >= 4 is 12.0 Å². The molecule has 0 spiro atoms. The molecule has 21 heavy (non-hydrogen) atoms. The molecule has 0 saturated carbocycles. The molecule has 0 aromatic heterocycles. The lowest BCUT2D eigenvalue weighted by Crippen LogP contribution is -2.46. The van der Waals surface area contributed by atoms with Crippen molar-refractivity contribution in [3.63, 3.8) is 0 Å². The summed E-state index contributed by atoms with van der Waals surface area (Å²) >= 11 is 0. The molecule has 0 N–H and O–H groups in total. The number of fused-ring (bicyclic) bond motifs is 2. The van der Waals surface area contributed by atoms with Crippen molar-refractivity contribution in [2.45, 2.75) is 64.1 Å². The summed E-state index contributed by atoms with van der Waals surface area (Å²) in [7, 11) is 3.50. The summed E-state index contributed by atoms with van der Waals surface area (Å²) < 4.78 is 5.54. The Labute approximate surface area is 126 Å². The van der Waals surface area contributed by atoms with E-state index in [9.17, 15) is 9.59 Å². The first-order valence-electron chi connectivity index (χ1n) is 7.63. The van der Waals surface area contributed by atoms with Crippen LogP contribution < -0.4 is 0 Å². The third kappa shape index (κ3) is 3.39. The van der Waals surface area contributed by atoms with Crippen molar-refractivity contribution in [1.29, 1.82) is 0 Å². The number of hydrogen-bond donors (Lipinski definition) is 0. The highest BCUT2D eigenvalue weighted by atomic mass is 16.6. The van der Waals surface area contributed by atoms with Crippen molar-refractivity contribution in [1.82, 2.24) is 9.80 Å². The Morgan fingerprint density at radius 3 is 2.48 bits per heavy atom. The first-order valence-corrected chi connectivity index (χ1v) is 7.63. The van der Waals surface area contributed by atoms with Gasteiger partial charge in [-0.15, -0.1) is 0 Å². The molecule has 2 bridgehead atoms. The van der Waals surface area contributed by atoms with Crippen LogP contribution in [-0.2, 0) is 9.53 Å². The summed E-state index contributed by atoms with van der Waals surface area (Å²) in [6, 6.07) is 0.0517. The maximum Gasteiger partial charge on any atom is 0.411 e. The van der Waals surface area contributed by atoms with Crippen LogP contribution in [0.3, 0.4) is 0 Å². The van der Waals surface area contributed by atoms with Gasteiger partial charge < -0.3 is 9.64 Å². The van der Waals surface area contributed by atoms with E-state index in [4.69, 9.17) is 4.74 Å². The lowest BCUT2D eigenvalue weighted by molar-refractivity contribution is -0.125. The molecule has 2 aliphatic heterocycles. The Morgan fingerprint density at radius 1 is 1.24 bits per heavy atom. The molecule has 1 unspecified atom stereocenters. The summed E-state index contributed by atoms with van der Waals surface area (Å²) in [6.45, 7) is 5.60. The molecule has 1 saturated heterocycles. The maximum absolute atomic E-state index is 12.5. The van der Waals surface area contributed by atoms with Crippen molar-refractivity contribution < 1.29 is 14.3 Å². The number of carbonyl (C=O) groups excluding carboxylic acids is 2. The number of nitrogens with zero attached hydrogens (tertiary/aromatic N) is 2. The van der Waals surface area contributed by atoms with Gasteiger partial charge in [-0.05, 0) is 46.5 Å². The zero-order valence-corrected chi connectivity index (χ0v) is 13.7. The van der Waals surface area contributed by atoms with Gasteiger partial charge in [0.25, 0.3) is 5.91 Å². The van der Waals surface area contributed by atoms with Crippen molar-refractivity contribution in [2.24, 2.45) is 0 Å². The molecule has 2 heterocycles. The van der Waals surface area contributed by atoms with Gasteiger partial charge >= 0.3 is 6.09 Å². The summed E-state index contributed by atoms with van der Waals surface area (Å²) in [4.78, 5) is 28.3. The predicted octanol–water partition coefficient (Wildman–Crippen LogP) is 2.56. The quantitative estimate of drug-likeness (QED) is 0.747. The molecule has 2 aliphatic rings. The summed E-state index contributed by atoms with van der Waals surface area (Å²) in [5.74, 6) is -0.00360. The van der Waals surface area contributed by atoms with Gasteiger partial charge in [0.15, 0.2) is 0 Å². The lowest BCUT2D eigenvalue weighted by Gasteiger charge is -2.32. The van der Waals surface area contributed by atoms with Crippen molar-refractivity contribution in [2.75, 3.05) is 14.1 Å². The fraction of sp³-hybridized carbons (Fsp3) is 0.750. The van der Waals surface area contributed by atoms with Crippen LogP contribution in [0.15, 0.2) is 11.6 Å². The van der Waals surface area contributed by atoms with Crippen LogP contribution in [0.4, 0.5) is 4.79 Å². The second kappa shape index (κ2) is 5.70. The molecule has 5 nitrogen and oxygen atoms in total. The molecule has 118 valence electrons. The molecular formula is C16H26N2O3. The molecule has 1 fully saturated rings. The van der Waals surface area contributed by atoms with Gasteiger partial charge in [-0.1, -0.05) is 6.08 Å². The SMILES string of the molecule is CN(C)C(=O)C1=CCCC2CC[C@H]1N2C(=O)OC(C)(C)C. The van der Waals surface area contributed by atoms with Gasteiger partial charge in [0, 0.05) is 25.7 Å². The molecule has 2 amide bonds. The normalized spacial score (nSPS) is 25.2. The lowest BCUT2D eigenvalue weighted by atomic mass is 9.99. The third-order valence-electron chi connectivity index (χ3n) is 3.98. The van der Waals surface area contributed by atoms with E-state index in [-0.39, 0.29) is 24.1 Å². The Balaban J connectivity index is 2.24. The monoisotopic (exact) mass is 294 g/mol. The van der Waals surface area contributed by atoms with Gasteiger partial charge in [0.2, 0.25) is 0 Å². The van der Waals surface area contributed by atoms with E-state index >= 15 is 0 Å². The molecule has 2 atom stereocenters. The van der Waals surface area contributed by atoms with E-state index in [1.54, 1.807) is 23.9 Å². The smallest absolute Gasteiger partial charge is 0.411 e. The summed E-state index contributed by atoms with van der Waals surface area (Å²) in [5, 5.41) is 0. The van der Waals surface area contributed by atoms with E-state index < -0.39 is 5.60 Å². The predicted molar refractivity (Wildman–Crippen MR) is 80.9 cm³/mol. The zero-order chi connectivity index (χ0) is 15.8. The Kier molecular flexibility index (Phi) is 4.30. The number of hydrogen-bond acceptors (Lipinski definition) is 3. The number of ether oxygens (including phenoxy) is 1. The van der Waals surface area contributed by atoms with E-state index in [2.05, 4.69) is 0 Å². The Hall–Kier alpha value is -1.52. The van der Waals surface area contributed by atoms with Crippen molar-refractivity contribution in [3.8, 4) is 0 Å². The van der Waals surface area contributed by atoms with Crippen LogP contribution in [0.2, 0.25) is 0 Å². The molecule has 5 heteroatoms. The van der Waals surface area contributed by atoms with Gasteiger partial charge in [0.1, 0.15) is 5.60 Å². The molecular weight excluding hydrogens is 268 g/mol. The van der Waals surface area contributed by atoms with E-state index in [0.717, 1.165) is 31.3 Å². The molecule has 0 aromatic rings. The van der Waals surface area contributed by atoms with Gasteiger partial charge in [0.05, 0.1) is 6.04 Å². The number of rotatable bonds is 1. The first-order chi connectivity index (χ1) is 9.70. The van der Waals surface area contributed by atoms with Gasteiger partial charge in [-0.3, -0.25) is 9.69 Å².